The number of rotatable bonds is 0. The first-order valence-electron chi connectivity index (χ1n) is 6.01. The molecule has 2 N–H and O–H groups in total. The predicted molar refractivity (Wildman–Crippen MR) is 55.4 cm³/mol. The van der Waals surface area contributed by atoms with Crippen LogP contribution in [0.1, 0.15) is 33.1 Å². The lowest BCUT2D eigenvalue weighted by Crippen LogP contribution is -2.46. The molecule has 1 aliphatic heterocycles. The second-order valence-corrected chi connectivity index (χ2v) is 5.92. The molecular weight excluding hydrogens is 208 g/mol. The maximum Gasteiger partial charge on any atom is 0.315 e. The van der Waals surface area contributed by atoms with Crippen LogP contribution in [0.15, 0.2) is 0 Å². The highest BCUT2D eigenvalue weighted by Gasteiger charge is 2.71. The maximum absolute atomic E-state index is 12.0. The van der Waals surface area contributed by atoms with Gasteiger partial charge < -0.3 is 14.9 Å². The fraction of sp³-hybridized carbons (Fsp3) is 0.917. The van der Waals surface area contributed by atoms with Gasteiger partial charge in [0.15, 0.2) is 0 Å². The first kappa shape index (κ1) is 10.5. The second kappa shape index (κ2) is 2.79. The van der Waals surface area contributed by atoms with Gasteiger partial charge in [0.1, 0.15) is 11.5 Å². The minimum Gasteiger partial charge on any atom is -0.462 e. The molecule has 4 heteroatoms. The summed E-state index contributed by atoms with van der Waals surface area (Å²) in [6, 6.07) is 0. The monoisotopic (exact) mass is 226 g/mol. The average molecular weight is 226 g/mol. The predicted octanol–water partition coefficient (Wildman–Crippen LogP) is 0.460. The number of esters is 1. The van der Waals surface area contributed by atoms with Gasteiger partial charge in [-0.05, 0) is 33.1 Å². The Bertz CT molecular complexity index is 351. The zero-order valence-corrected chi connectivity index (χ0v) is 9.64. The van der Waals surface area contributed by atoms with Crippen molar-refractivity contribution in [2.75, 3.05) is 0 Å². The van der Waals surface area contributed by atoms with Gasteiger partial charge >= 0.3 is 5.97 Å². The molecular formula is C12H18O4. The van der Waals surface area contributed by atoms with E-state index in [4.69, 9.17) is 4.74 Å². The van der Waals surface area contributed by atoms with Crippen LogP contribution in [0.4, 0.5) is 0 Å². The molecule has 1 heterocycles. The zero-order valence-electron chi connectivity index (χ0n) is 9.64. The van der Waals surface area contributed by atoms with Gasteiger partial charge in [-0.3, -0.25) is 4.79 Å². The van der Waals surface area contributed by atoms with Crippen molar-refractivity contribution >= 4 is 5.97 Å². The average Bonchev–Trinajstić information content (AvgIpc) is 2.49. The molecule has 0 amide bonds. The lowest BCUT2D eigenvalue weighted by Gasteiger charge is -2.37. The summed E-state index contributed by atoms with van der Waals surface area (Å²) < 4.78 is 5.28. The molecule has 2 bridgehead atoms. The van der Waals surface area contributed by atoms with E-state index in [0.717, 1.165) is 12.8 Å². The van der Waals surface area contributed by atoms with E-state index in [2.05, 4.69) is 0 Å². The Hall–Kier alpha value is -0.610. The maximum atomic E-state index is 12.0. The van der Waals surface area contributed by atoms with Crippen LogP contribution in [-0.2, 0) is 9.53 Å². The van der Waals surface area contributed by atoms with Gasteiger partial charge in [-0.1, -0.05) is 0 Å². The van der Waals surface area contributed by atoms with Gasteiger partial charge in [-0.25, -0.2) is 0 Å². The molecule has 4 nitrogen and oxygen atoms in total. The third-order valence-corrected chi connectivity index (χ3v) is 5.05. The Balaban J connectivity index is 2.10. The van der Waals surface area contributed by atoms with Crippen molar-refractivity contribution in [2.45, 2.75) is 50.9 Å². The number of hydrogen-bond donors (Lipinski definition) is 2. The SMILES string of the molecule is C[C@H]1OC(=O)[C@]23C[C@@](C)(O)[C@H](CC[C@@H]12)[C@H]3O. The highest BCUT2D eigenvalue weighted by atomic mass is 16.6. The number of fused-ring (bicyclic) bond motifs is 1. The molecule has 1 saturated heterocycles. The largest absolute Gasteiger partial charge is 0.462 e. The molecule has 3 aliphatic rings. The molecule has 2 aliphatic carbocycles. The number of carbonyl (C=O) groups excluding carboxylic acids is 1. The van der Waals surface area contributed by atoms with Crippen LogP contribution >= 0.6 is 0 Å². The summed E-state index contributed by atoms with van der Waals surface area (Å²) in [5, 5.41) is 20.6. The molecule has 0 aromatic rings. The summed E-state index contributed by atoms with van der Waals surface area (Å²) in [6.45, 7) is 3.62. The van der Waals surface area contributed by atoms with Crippen LogP contribution in [-0.4, -0.2) is 34.0 Å². The summed E-state index contributed by atoms with van der Waals surface area (Å²) in [5.74, 6) is -0.415. The van der Waals surface area contributed by atoms with E-state index < -0.39 is 17.1 Å². The van der Waals surface area contributed by atoms with E-state index in [9.17, 15) is 15.0 Å². The second-order valence-electron chi connectivity index (χ2n) is 5.92. The van der Waals surface area contributed by atoms with E-state index in [1.807, 2.05) is 6.92 Å². The van der Waals surface area contributed by atoms with Gasteiger partial charge in [-0.2, -0.15) is 0 Å². The number of ether oxygens (including phenoxy) is 1. The Labute approximate surface area is 94.6 Å². The lowest BCUT2D eigenvalue weighted by molar-refractivity contribution is -0.154. The van der Waals surface area contributed by atoms with Crippen molar-refractivity contribution in [1.29, 1.82) is 0 Å². The van der Waals surface area contributed by atoms with Crippen LogP contribution in [0, 0.1) is 17.3 Å². The van der Waals surface area contributed by atoms with E-state index >= 15 is 0 Å². The summed E-state index contributed by atoms with van der Waals surface area (Å²) in [7, 11) is 0. The standard InChI is InChI=1S/C12H18O4/c1-6-7-3-4-8-9(13)12(7,10(14)16-6)5-11(8,2)15/h6-9,13,15H,3-5H2,1-2H3/t6-,7+,8-,9-,11-,12-/m1/s1. The fourth-order valence-electron chi connectivity index (χ4n) is 4.32. The Morgan fingerprint density at radius 2 is 2.00 bits per heavy atom. The van der Waals surface area contributed by atoms with Crippen molar-refractivity contribution in [2.24, 2.45) is 17.3 Å². The molecule has 90 valence electrons. The molecule has 2 saturated carbocycles. The van der Waals surface area contributed by atoms with Crippen LogP contribution in [0.2, 0.25) is 0 Å². The number of aliphatic hydroxyl groups is 2. The molecule has 16 heavy (non-hydrogen) atoms. The minimum atomic E-state index is -0.933. The summed E-state index contributed by atoms with van der Waals surface area (Å²) in [6.07, 6.45) is 1.13. The van der Waals surface area contributed by atoms with Crippen molar-refractivity contribution in [3.8, 4) is 0 Å². The van der Waals surface area contributed by atoms with Gasteiger partial charge in [0, 0.05) is 11.8 Å². The van der Waals surface area contributed by atoms with E-state index in [-0.39, 0.29) is 23.9 Å². The van der Waals surface area contributed by atoms with Gasteiger partial charge in [0.25, 0.3) is 0 Å². The third kappa shape index (κ3) is 0.955. The van der Waals surface area contributed by atoms with Crippen LogP contribution in [0.25, 0.3) is 0 Å². The Morgan fingerprint density at radius 3 is 2.69 bits per heavy atom. The summed E-state index contributed by atoms with van der Waals surface area (Å²) >= 11 is 0. The summed E-state index contributed by atoms with van der Waals surface area (Å²) in [4.78, 5) is 12.0. The number of carbonyl (C=O) groups is 1. The molecule has 3 rings (SSSR count). The molecule has 6 atom stereocenters. The van der Waals surface area contributed by atoms with Crippen molar-refractivity contribution in [3.63, 3.8) is 0 Å². The van der Waals surface area contributed by atoms with Crippen molar-refractivity contribution in [1.82, 2.24) is 0 Å². The first-order valence-corrected chi connectivity index (χ1v) is 6.01. The normalized spacial score (nSPS) is 59.6. The number of aliphatic hydroxyl groups excluding tert-OH is 1. The van der Waals surface area contributed by atoms with E-state index in [0.29, 0.717) is 6.42 Å². The molecule has 3 fully saturated rings. The van der Waals surface area contributed by atoms with Gasteiger partial charge in [-0.15, -0.1) is 0 Å². The minimum absolute atomic E-state index is 0.0697. The quantitative estimate of drug-likeness (QED) is 0.589. The Morgan fingerprint density at radius 1 is 1.38 bits per heavy atom. The van der Waals surface area contributed by atoms with Crippen LogP contribution in [0.5, 0.6) is 0 Å². The lowest BCUT2D eigenvalue weighted by atomic mass is 9.65. The van der Waals surface area contributed by atoms with E-state index in [1.54, 1.807) is 6.92 Å². The van der Waals surface area contributed by atoms with Crippen molar-refractivity contribution in [3.05, 3.63) is 0 Å². The topological polar surface area (TPSA) is 66.8 Å². The smallest absolute Gasteiger partial charge is 0.315 e. The van der Waals surface area contributed by atoms with E-state index in [1.165, 1.54) is 0 Å². The van der Waals surface area contributed by atoms with Gasteiger partial charge in [0.2, 0.25) is 0 Å². The zero-order chi connectivity index (χ0) is 11.7. The van der Waals surface area contributed by atoms with Crippen molar-refractivity contribution < 1.29 is 19.7 Å². The summed E-state index contributed by atoms with van der Waals surface area (Å²) in [5.41, 5.74) is -1.76. The molecule has 0 radical (unpaired) electrons. The Kier molecular flexibility index (Phi) is 1.84. The molecule has 0 unspecified atom stereocenters. The van der Waals surface area contributed by atoms with Crippen LogP contribution < -0.4 is 0 Å². The first-order chi connectivity index (χ1) is 7.39. The molecule has 0 aromatic carbocycles. The fourth-order valence-corrected chi connectivity index (χ4v) is 4.32. The molecule has 0 aromatic heterocycles. The number of cyclic esters (lactones) is 1. The van der Waals surface area contributed by atoms with Gasteiger partial charge in [0.05, 0.1) is 11.7 Å². The molecule has 1 spiro atoms. The van der Waals surface area contributed by atoms with Crippen LogP contribution in [0.3, 0.4) is 0 Å². The number of hydrogen-bond acceptors (Lipinski definition) is 4. The highest BCUT2D eigenvalue weighted by molar-refractivity contribution is 5.81. The third-order valence-electron chi connectivity index (χ3n) is 5.05. The highest BCUT2D eigenvalue weighted by Crippen LogP contribution is 2.62.